The van der Waals surface area contributed by atoms with E-state index in [0.717, 1.165) is 19.3 Å². The third-order valence-corrected chi connectivity index (χ3v) is 4.21. The fourth-order valence-electron chi connectivity index (χ4n) is 3.10. The van der Waals surface area contributed by atoms with E-state index in [-0.39, 0.29) is 17.4 Å². The highest BCUT2D eigenvalue weighted by Crippen LogP contribution is 2.43. The Morgan fingerprint density at radius 1 is 1.27 bits per heavy atom. The number of alkyl halides is 2. The summed E-state index contributed by atoms with van der Waals surface area (Å²) in [5.41, 5.74) is 2.60. The zero-order valence-electron chi connectivity index (χ0n) is 15.0. The first-order valence-corrected chi connectivity index (χ1v) is 8.50. The molecule has 2 aromatic rings. The molecule has 1 heterocycles. The first-order valence-electron chi connectivity index (χ1n) is 8.50. The van der Waals surface area contributed by atoms with Gasteiger partial charge in [-0.3, -0.25) is 0 Å². The zero-order valence-corrected chi connectivity index (χ0v) is 15.0. The number of aromatic hydroxyl groups is 2. The zero-order chi connectivity index (χ0) is 19.3. The average molecular weight is 362 g/mol. The molecule has 0 radical (unpaired) electrons. The summed E-state index contributed by atoms with van der Waals surface area (Å²) >= 11 is 0. The monoisotopic (exact) mass is 362 g/mol. The van der Waals surface area contributed by atoms with E-state index in [2.05, 4.69) is 17.8 Å². The van der Waals surface area contributed by atoms with Crippen molar-refractivity contribution in [2.45, 2.75) is 45.6 Å². The molecule has 0 saturated heterocycles. The fourth-order valence-corrected chi connectivity index (χ4v) is 3.10. The molecule has 0 fully saturated rings. The van der Waals surface area contributed by atoms with E-state index < -0.39 is 6.55 Å². The van der Waals surface area contributed by atoms with E-state index in [1.54, 1.807) is 6.08 Å². The van der Waals surface area contributed by atoms with Gasteiger partial charge in [-0.25, -0.2) is 4.68 Å². The van der Waals surface area contributed by atoms with Crippen LogP contribution in [0.5, 0.6) is 11.5 Å². The second kappa shape index (κ2) is 8.65. The lowest BCUT2D eigenvalue weighted by atomic mass is 9.84. The van der Waals surface area contributed by atoms with Gasteiger partial charge in [0.15, 0.2) is 0 Å². The second-order valence-corrected chi connectivity index (χ2v) is 6.33. The minimum atomic E-state index is -2.72. The van der Waals surface area contributed by atoms with Crippen molar-refractivity contribution < 1.29 is 19.0 Å². The van der Waals surface area contributed by atoms with Crippen molar-refractivity contribution in [2.24, 2.45) is 0 Å². The van der Waals surface area contributed by atoms with Gasteiger partial charge < -0.3 is 10.2 Å². The maximum atomic E-state index is 12.6. The number of benzene rings is 1. The molecule has 26 heavy (non-hydrogen) atoms. The summed E-state index contributed by atoms with van der Waals surface area (Å²) in [6, 6.07) is 2.97. The summed E-state index contributed by atoms with van der Waals surface area (Å²) in [6.07, 6.45) is 9.18. The van der Waals surface area contributed by atoms with Crippen molar-refractivity contribution >= 4 is 0 Å². The molecule has 140 valence electrons. The number of rotatable bonds is 3. The van der Waals surface area contributed by atoms with E-state index in [0.29, 0.717) is 21.4 Å². The lowest BCUT2D eigenvalue weighted by Gasteiger charge is -2.22. The van der Waals surface area contributed by atoms with Gasteiger partial charge in [0.25, 0.3) is 0 Å². The van der Waals surface area contributed by atoms with Gasteiger partial charge in [-0.15, -0.1) is 6.58 Å². The minimum Gasteiger partial charge on any atom is -0.507 e. The third-order valence-electron chi connectivity index (χ3n) is 4.21. The Morgan fingerprint density at radius 2 is 1.88 bits per heavy atom. The number of aromatic nitrogens is 2. The molecule has 1 aliphatic rings. The molecule has 1 unspecified atom stereocenters. The number of halogens is 2. The van der Waals surface area contributed by atoms with E-state index in [9.17, 15) is 19.0 Å². The molecule has 1 aromatic heterocycles. The normalized spacial score (nSPS) is 16.7. The van der Waals surface area contributed by atoms with Crippen LogP contribution in [0, 0.1) is 0 Å². The van der Waals surface area contributed by atoms with Crippen LogP contribution in [0.2, 0.25) is 0 Å². The van der Waals surface area contributed by atoms with Gasteiger partial charge in [0.1, 0.15) is 11.5 Å². The molecule has 0 spiro atoms. The van der Waals surface area contributed by atoms with Crippen LogP contribution in [-0.4, -0.2) is 20.0 Å². The molecule has 3 rings (SSSR count). The Bertz CT molecular complexity index is 774. The molecule has 0 aliphatic heterocycles. The number of hydrogen-bond donors (Lipinski definition) is 2. The summed E-state index contributed by atoms with van der Waals surface area (Å²) in [5, 5.41) is 24.2. The number of phenols is 2. The van der Waals surface area contributed by atoms with E-state index in [1.807, 2.05) is 13.8 Å². The van der Waals surface area contributed by atoms with Crippen LogP contribution in [-0.2, 0) is 0 Å². The number of hydrogen-bond acceptors (Lipinski definition) is 3. The van der Waals surface area contributed by atoms with Crippen molar-refractivity contribution in [1.29, 1.82) is 0 Å². The summed E-state index contributed by atoms with van der Waals surface area (Å²) in [4.78, 5) is 0. The standard InChI is InChI=1S/C17H18F2N2O2.C3H6/c1-10-3-2-4-11(5-10)16-14(22)6-12(7-15(16)23)13-8-20-21(9-13)17(18)19;1-3-2/h5-9,11,17,22-23H,2-4H2,1H3;3H,1H2,2H3. The Labute approximate surface area is 152 Å². The van der Waals surface area contributed by atoms with E-state index in [4.69, 9.17) is 0 Å². The predicted molar refractivity (Wildman–Crippen MR) is 98.5 cm³/mol. The summed E-state index contributed by atoms with van der Waals surface area (Å²) < 4.78 is 25.7. The van der Waals surface area contributed by atoms with E-state index >= 15 is 0 Å². The van der Waals surface area contributed by atoms with Crippen molar-refractivity contribution in [3.63, 3.8) is 0 Å². The lowest BCUT2D eigenvalue weighted by Crippen LogP contribution is -2.03. The maximum Gasteiger partial charge on any atom is 0.333 e. The van der Waals surface area contributed by atoms with Gasteiger partial charge in [0.05, 0.1) is 6.20 Å². The topological polar surface area (TPSA) is 58.3 Å². The quantitative estimate of drug-likeness (QED) is 0.682. The van der Waals surface area contributed by atoms with Crippen LogP contribution in [0.15, 0.2) is 48.8 Å². The van der Waals surface area contributed by atoms with Crippen molar-refractivity contribution in [3.05, 3.63) is 54.4 Å². The first kappa shape index (κ1) is 19.7. The maximum absolute atomic E-state index is 12.6. The Morgan fingerprint density at radius 3 is 2.38 bits per heavy atom. The molecule has 1 aromatic carbocycles. The van der Waals surface area contributed by atoms with Crippen LogP contribution in [0.25, 0.3) is 11.1 Å². The van der Waals surface area contributed by atoms with Gasteiger partial charge >= 0.3 is 6.55 Å². The van der Waals surface area contributed by atoms with Crippen LogP contribution in [0.3, 0.4) is 0 Å². The Kier molecular flexibility index (Phi) is 6.55. The first-order chi connectivity index (χ1) is 12.4. The predicted octanol–water partition coefficient (Wildman–Crippen LogP) is 5.76. The van der Waals surface area contributed by atoms with Crippen LogP contribution < -0.4 is 0 Å². The highest BCUT2D eigenvalue weighted by atomic mass is 19.3. The second-order valence-electron chi connectivity index (χ2n) is 6.33. The molecule has 0 amide bonds. The van der Waals surface area contributed by atoms with Gasteiger partial charge in [0, 0.05) is 23.2 Å². The smallest absolute Gasteiger partial charge is 0.333 e. The minimum absolute atomic E-state index is 0.0263. The number of allylic oxidation sites excluding steroid dienone is 3. The van der Waals surface area contributed by atoms with Crippen molar-refractivity contribution in [3.8, 4) is 22.6 Å². The highest BCUT2D eigenvalue weighted by Gasteiger charge is 2.22. The molecule has 2 N–H and O–H groups in total. The van der Waals surface area contributed by atoms with E-state index in [1.165, 1.54) is 30.1 Å². The molecular weight excluding hydrogens is 338 g/mol. The summed E-state index contributed by atoms with van der Waals surface area (Å²) in [7, 11) is 0. The molecular formula is C20H24F2N2O2. The third kappa shape index (κ3) is 4.50. The molecule has 1 aliphatic carbocycles. The van der Waals surface area contributed by atoms with Gasteiger partial charge in [-0.1, -0.05) is 17.7 Å². The van der Waals surface area contributed by atoms with Crippen LogP contribution >= 0.6 is 0 Å². The fraction of sp³-hybridized carbons (Fsp3) is 0.350. The van der Waals surface area contributed by atoms with Crippen LogP contribution in [0.1, 0.15) is 51.1 Å². The lowest BCUT2D eigenvalue weighted by molar-refractivity contribution is 0.0566. The van der Waals surface area contributed by atoms with Gasteiger partial charge in [-0.05, 0) is 50.8 Å². The molecule has 4 nitrogen and oxygen atoms in total. The van der Waals surface area contributed by atoms with Crippen LogP contribution in [0.4, 0.5) is 8.78 Å². The van der Waals surface area contributed by atoms with Gasteiger partial charge in [0.2, 0.25) is 0 Å². The number of phenolic OH excluding ortho intramolecular Hbond substituents is 2. The number of nitrogens with zero attached hydrogens (tertiary/aromatic N) is 2. The Balaban J connectivity index is 0.000000758. The highest BCUT2D eigenvalue weighted by molar-refractivity contribution is 5.68. The molecule has 0 bridgehead atoms. The van der Waals surface area contributed by atoms with Gasteiger partial charge in [-0.2, -0.15) is 13.9 Å². The molecule has 1 atom stereocenters. The largest absolute Gasteiger partial charge is 0.507 e. The Hall–Kier alpha value is -2.63. The van der Waals surface area contributed by atoms with Crippen molar-refractivity contribution in [1.82, 2.24) is 9.78 Å². The summed E-state index contributed by atoms with van der Waals surface area (Å²) in [6.45, 7) is 4.56. The SMILES string of the molecule is C=CC.CC1=CC(c2c(O)cc(-c3cnn(C(F)F)c3)cc2O)CCC1. The average Bonchev–Trinajstić information content (AvgIpc) is 3.05. The summed E-state index contributed by atoms with van der Waals surface area (Å²) in [5.74, 6) is -0.0805. The molecule has 0 saturated carbocycles. The van der Waals surface area contributed by atoms with Crippen molar-refractivity contribution in [2.75, 3.05) is 0 Å². The molecule has 6 heteroatoms.